The molecule has 0 aliphatic carbocycles. The maximum Gasteiger partial charge on any atom is 0.134 e. The third kappa shape index (κ3) is 1.78. The normalized spacial score (nSPS) is 11.4. The smallest absolute Gasteiger partial charge is 0.134 e. The molecule has 0 aliphatic rings. The van der Waals surface area contributed by atoms with Crippen molar-refractivity contribution in [2.75, 3.05) is 0 Å². The van der Waals surface area contributed by atoms with Crippen LogP contribution >= 0.6 is 0 Å². The first kappa shape index (κ1) is 12.0. The average Bonchev–Trinajstić information content (AvgIpc) is 2.51. The van der Waals surface area contributed by atoms with Gasteiger partial charge in [-0.2, -0.15) is 0 Å². The predicted molar refractivity (Wildman–Crippen MR) is 82.4 cm³/mol. The Hall–Kier alpha value is -2.81. The van der Waals surface area contributed by atoms with E-state index in [4.69, 9.17) is 0 Å². The Labute approximate surface area is 121 Å². The Kier molecular flexibility index (Phi) is 2.48. The molecule has 0 spiro atoms. The summed E-state index contributed by atoms with van der Waals surface area (Å²) in [6.07, 6.45) is -1.25. The van der Waals surface area contributed by atoms with E-state index in [2.05, 4.69) is 47.8 Å². The lowest BCUT2D eigenvalue weighted by molar-refractivity contribution is -0.251. The molecule has 0 unspecified atom stereocenters. The van der Waals surface area contributed by atoms with E-state index in [1.54, 1.807) is 0 Å². The second-order valence-electron chi connectivity index (χ2n) is 5.22. The van der Waals surface area contributed by atoms with Crippen molar-refractivity contribution in [1.82, 2.24) is 5.32 Å². The van der Waals surface area contributed by atoms with Crippen LogP contribution in [0.2, 0.25) is 0 Å². The van der Waals surface area contributed by atoms with Crippen molar-refractivity contribution in [3.8, 4) is 0 Å². The average molecular weight is 274 g/mol. The number of carbonyl (C=O) groups excluding carboxylic acids is 1. The second-order valence-corrected chi connectivity index (χ2v) is 5.22. The van der Waals surface area contributed by atoms with Crippen molar-refractivity contribution in [2.24, 2.45) is 0 Å². The molecule has 102 valence electrons. The molecule has 0 aliphatic heterocycles. The fourth-order valence-corrected chi connectivity index (χ4v) is 3.12. The summed E-state index contributed by atoms with van der Waals surface area (Å²) in [5, 5.41) is 20.1. The van der Waals surface area contributed by atoms with Crippen molar-refractivity contribution in [3.63, 3.8) is 0 Å². The first-order valence-electron chi connectivity index (χ1n) is 6.84. The molecule has 3 nitrogen and oxygen atoms in total. The maximum absolute atomic E-state index is 10.6. The highest BCUT2D eigenvalue weighted by Gasteiger charge is 2.10. The quantitative estimate of drug-likeness (QED) is 0.571. The monoisotopic (exact) mass is 274 g/mol. The number of carboxylic acid groups (broad SMARTS) is 1. The van der Waals surface area contributed by atoms with E-state index in [9.17, 15) is 9.90 Å². The highest BCUT2D eigenvalue weighted by Crippen LogP contribution is 2.35. The van der Waals surface area contributed by atoms with Gasteiger partial charge in [0, 0.05) is 6.54 Å². The molecule has 0 bridgehead atoms. The first-order valence-corrected chi connectivity index (χ1v) is 6.84. The third-order valence-corrected chi connectivity index (χ3v) is 4.04. The van der Waals surface area contributed by atoms with Gasteiger partial charge in [0.15, 0.2) is 0 Å². The fraction of sp³-hybridized carbons (Fsp3) is 0.0556. The van der Waals surface area contributed by atoms with Crippen LogP contribution in [0, 0.1) is 0 Å². The van der Waals surface area contributed by atoms with Gasteiger partial charge in [0.1, 0.15) is 6.09 Å². The minimum absolute atomic E-state index is 0.260. The van der Waals surface area contributed by atoms with E-state index >= 15 is 0 Å². The zero-order valence-electron chi connectivity index (χ0n) is 11.2. The molecule has 4 rings (SSSR count). The van der Waals surface area contributed by atoms with Gasteiger partial charge in [0.2, 0.25) is 0 Å². The zero-order chi connectivity index (χ0) is 14.4. The summed E-state index contributed by atoms with van der Waals surface area (Å²) in [6.45, 7) is 0.260. The molecule has 0 saturated heterocycles. The molecular formula is C18H12NO2-. The number of nitrogens with one attached hydrogen (secondary N) is 1. The minimum atomic E-state index is -1.25. The topological polar surface area (TPSA) is 52.2 Å². The third-order valence-electron chi connectivity index (χ3n) is 4.04. The van der Waals surface area contributed by atoms with Crippen molar-refractivity contribution in [1.29, 1.82) is 0 Å². The van der Waals surface area contributed by atoms with Crippen molar-refractivity contribution < 1.29 is 9.90 Å². The molecule has 0 saturated carbocycles. The van der Waals surface area contributed by atoms with Crippen LogP contribution in [0.3, 0.4) is 0 Å². The lowest BCUT2D eigenvalue weighted by Crippen LogP contribution is -2.35. The van der Waals surface area contributed by atoms with Crippen molar-refractivity contribution in [2.45, 2.75) is 6.54 Å². The number of hydrogen-bond donors (Lipinski definition) is 1. The summed E-state index contributed by atoms with van der Waals surface area (Å²) in [5.41, 5.74) is 0.963. The van der Waals surface area contributed by atoms with Gasteiger partial charge in [-0.05, 0) is 37.9 Å². The number of amides is 1. The largest absolute Gasteiger partial charge is 0.530 e. The lowest BCUT2D eigenvalue weighted by Gasteiger charge is -2.14. The van der Waals surface area contributed by atoms with Crippen LogP contribution in [0.15, 0.2) is 54.6 Å². The van der Waals surface area contributed by atoms with E-state index in [0.717, 1.165) is 10.9 Å². The standard InChI is InChI=1S/C18H13NO2/c20-18(21)19-10-14-7-6-13-5-4-11-2-1-3-12-8-9-15(14)17(13)16(11)12/h1-9,19H,10H2,(H,20,21)/p-1. The molecule has 0 fully saturated rings. The molecule has 1 amide bonds. The van der Waals surface area contributed by atoms with Gasteiger partial charge in [0.05, 0.1) is 0 Å². The molecule has 0 heterocycles. The van der Waals surface area contributed by atoms with E-state index in [0.29, 0.717) is 0 Å². The molecule has 0 radical (unpaired) electrons. The van der Waals surface area contributed by atoms with Gasteiger partial charge >= 0.3 is 0 Å². The predicted octanol–water partition coefficient (Wildman–Crippen LogP) is 3.02. The fourth-order valence-electron chi connectivity index (χ4n) is 3.12. The van der Waals surface area contributed by atoms with E-state index in [1.165, 1.54) is 26.9 Å². The number of hydrogen-bond acceptors (Lipinski definition) is 2. The second kappa shape index (κ2) is 4.35. The van der Waals surface area contributed by atoms with E-state index < -0.39 is 6.09 Å². The number of rotatable bonds is 2. The molecule has 1 N–H and O–H groups in total. The summed E-state index contributed by atoms with van der Waals surface area (Å²) in [7, 11) is 0. The molecular weight excluding hydrogens is 262 g/mol. The Bertz CT molecular complexity index is 959. The SMILES string of the molecule is O=C([O-])NCc1ccc2ccc3cccc4ccc1c2c34. The zero-order valence-corrected chi connectivity index (χ0v) is 11.2. The molecule has 4 aromatic carbocycles. The maximum atomic E-state index is 10.6. The van der Waals surface area contributed by atoms with Crippen molar-refractivity contribution in [3.05, 3.63) is 60.2 Å². The van der Waals surface area contributed by atoms with Crippen LogP contribution in [0.4, 0.5) is 4.79 Å². The minimum Gasteiger partial charge on any atom is -0.530 e. The molecule has 4 aromatic rings. The van der Waals surface area contributed by atoms with Crippen LogP contribution in [0.25, 0.3) is 32.3 Å². The molecule has 21 heavy (non-hydrogen) atoms. The number of benzene rings is 4. The van der Waals surface area contributed by atoms with E-state index in [1.807, 2.05) is 12.1 Å². The summed E-state index contributed by atoms with van der Waals surface area (Å²) in [4.78, 5) is 10.6. The van der Waals surface area contributed by atoms with Gasteiger partial charge in [-0.3, -0.25) is 0 Å². The van der Waals surface area contributed by atoms with Crippen LogP contribution in [-0.4, -0.2) is 6.09 Å². The Morgan fingerprint density at radius 1 is 0.857 bits per heavy atom. The summed E-state index contributed by atoms with van der Waals surface area (Å²) < 4.78 is 0. The molecule has 0 aromatic heterocycles. The van der Waals surface area contributed by atoms with Crippen LogP contribution in [0.1, 0.15) is 5.56 Å². The van der Waals surface area contributed by atoms with Gasteiger partial charge in [-0.25, -0.2) is 0 Å². The van der Waals surface area contributed by atoms with Gasteiger partial charge in [0.25, 0.3) is 0 Å². The summed E-state index contributed by atoms with van der Waals surface area (Å²) in [5.74, 6) is 0. The lowest BCUT2D eigenvalue weighted by atomic mass is 9.92. The van der Waals surface area contributed by atoms with E-state index in [-0.39, 0.29) is 6.54 Å². The van der Waals surface area contributed by atoms with Gasteiger partial charge in [-0.15, -0.1) is 0 Å². The Balaban J connectivity index is 2.08. The summed E-state index contributed by atoms with van der Waals surface area (Å²) in [6, 6.07) is 18.7. The highest BCUT2D eigenvalue weighted by atomic mass is 16.4. The molecule has 0 atom stereocenters. The summed E-state index contributed by atoms with van der Waals surface area (Å²) >= 11 is 0. The van der Waals surface area contributed by atoms with Crippen molar-refractivity contribution >= 4 is 38.4 Å². The van der Waals surface area contributed by atoms with Crippen LogP contribution < -0.4 is 10.4 Å². The Morgan fingerprint density at radius 3 is 2.19 bits per heavy atom. The Morgan fingerprint density at radius 2 is 1.48 bits per heavy atom. The molecule has 3 heteroatoms. The highest BCUT2D eigenvalue weighted by molar-refractivity contribution is 6.23. The van der Waals surface area contributed by atoms with Gasteiger partial charge in [-0.1, -0.05) is 54.6 Å². The van der Waals surface area contributed by atoms with Gasteiger partial charge < -0.3 is 15.2 Å². The number of carbonyl (C=O) groups is 1. The van der Waals surface area contributed by atoms with Crippen LogP contribution in [0.5, 0.6) is 0 Å². The van der Waals surface area contributed by atoms with Crippen LogP contribution in [-0.2, 0) is 6.54 Å². The first-order chi connectivity index (χ1) is 10.2.